The molecule has 0 bridgehead atoms. The first-order valence-electron chi connectivity index (χ1n) is 6.73. The van der Waals surface area contributed by atoms with Crippen molar-refractivity contribution in [3.05, 3.63) is 29.3 Å². The zero-order valence-corrected chi connectivity index (χ0v) is 12.2. The van der Waals surface area contributed by atoms with Gasteiger partial charge in [0.15, 0.2) is 0 Å². The van der Waals surface area contributed by atoms with Crippen LogP contribution < -0.4 is 5.32 Å². The van der Waals surface area contributed by atoms with Gasteiger partial charge in [0.05, 0.1) is 5.56 Å². The number of aryl methyl sites for hydroxylation is 1. The fourth-order valence-corrected chi connectivity index (χ4v) is 1.92. The molecule has 1 aromatic carbocycles. The van der Waals surface area contributed by atoms with Crippen molar-refractivity contribution in [2.45, 2.75) is 33.2 Å². The number of nitrogens with zero attached hydrogens (tertiary/aromatic N) is 1. The summed E-state index contributed by atoms with van der Waals surface area (Å²) in [4.78, 5) is 13.2. The van der Waals surface area contributed by atoms with E-state index in [-0.39, 0.29) is 0 Å². The van der Waals surface area contributed by atoms with E-state index in [4.69, 9.17) is 5.11 Å². The molecule has 0 aliphatic heterocycles. The highest BCUT2D eigenvalue weighted by molar-refractivity contribution is 5.89. The molecule has 2 N–H and O–H groups in total. The van der Waals surface area contributed by atoms with Gasteiger partial charge in [-0.25, -0.2) is 4.79 Å². The maximum absolute atomic E-state index is 10.9. The second-order valence-electron chi connectivity index (χ2n) is 5.00. The molecular formula is C15H24N2O2. The van der Waals surface area contributed by atoms with Crippen LogP contribution in [0, 0.1) is 6.92 Å². The van der Waals surface area contributed by atoms with Crippen LogP contribution >= 0.6 is 0 Å². The lowest BCUT2D eigenvalue weighted by Gasteiger charge is -2.23. The van der Waals surface area contributed by atoms with Crippen LogP contribution in [0.2, 0.25) is 0 Å². The van der Waals surface area contributed by atoms with Crippen LogP contribution in [0.25, 0.3) is 0 Å². The maximum Gasteiger partial charge on any atom is 0.335 e. The van der Waals surface area contributed by atoms with Crippen LogP contribution in [0.4, 0.5) is 5.69 Å². The molecule has 0 saturated heterocycles. The highest BCUT2D eigenvalue weighted by atomic mass is 16.4. The molecule has 4 heteroatoms. The van der Waals surface area contributed by atoms with Gasteiger partial charge in [-0.15, -0.1) is 0 Å². The monoisotopic (exact) mass is 264 g/mol. The number of anilines is 1. The van der Waals surface area contributed by atoms with E-state index in [1.54, 1.807) is 6.07 Å². The van der Waals surface area contributed by atoms with Gasteiger partial charge in [0.2, 0.25) is 0 Å². The summed E-state index contributed by atoms with van der Waals surface area (Å²) in [7, 11) is 2.12. The summed E-state index contributed by atoms with van der Waals surface area (Å²) < 4.78 is 0. The van der Waals surface area contributed by atoms with Crippen molar-refractivity contribution in [2.75, 3.05) is 25.5 Å². The second kappa shape index (κ2) is 7.14. The topological polar surface area (TPSA) is 52.6 Å². The molecule has 1 aromatic rings. The third-order valence-electron chi connectivity index (χ3n) is 3.59. The van der Waals surface area contributed by atoms with Crippen LogP contribution in [0.3, 0.4) is 0 Å². The Hall–Kier alpha value is -1.55. The minimum absolute atomic E-state index is 0.363. The summed E-state index contributed by atoms with van der Waals surface area (Å²) in [6.07, 6.45) is 1.14. The first-order chi connectivity index (χ1) is 8.95. The Bertz CT molecular complexity index is 432. The molecule has 0 aliphatic carbocycles. The predicted octanol–water partition coefficient (Wildman–Crippen LogP) is 2.84. The number of carboxylic acid groups (broad SMARTS) is 1. The molecule has 0 fully saturated rings. The van der Waals surface area contributed by atoms with Crippen molar-refractivity contribution >= 4 is 11.7 Å². The SMILES string of the molecule is CCC(C)N(C)CCNc1ccc(C(=O)O)c(C)c1. The van der Waals surface area contributed by atoms with Crippen molar-refractivity contribution in [1.29, 1.82) is 0 Å². The molecule has 0 aliphatic rings. The first kappa shape index (κ1) is 15.5. The van der Waals surface area contributed by atoms with Crippen molar-refractivity contribution in [3.8, 4) is 0 Å². The average molecular weight is 264 g/mol. The Kier molecular flexibility index (Phi) is 5.83. The third-order valence-corrected chi connectivity index (χ3v) is 3.59. The van der Waals surface area contributed by atoms with Gasteiger partial charge in [0, 0.05) is 24.8 Å². The van der Waals surface area contributed by atoms with Crippen LogP contribution in [0.15, 0.2) is 18.2 Å². The average Bonchev–Trinajstić information content (AvgIpc) is 2.37. The van der Waals surface area contributed by atoms with Crippen LogP contribution in [-0.4, -0.2) is 42.2 Å². The molecule has 19 heavy (non-hydrogen) atoms. The molecule has 106 valence electrons. The second-order valence-corrected chi connectivity index (χ2v) is 5.00. The number of carbonyl (C=O) groups is 1. The molecule has 0 aromatic heterocycles. The zero-order chi connectivity index (χ0) is 14.4. The maximum atomic E-state index is 10.9. The molecule has 0 saturated carbocycles. The molecular weight excluding hydrogens is 240 g/mol. The van der Waals surface area contributed by atoms with Gasteiger partial charge in [-0.2, -0.15) is 0 Å². The Morgan fingerprint density at radius 3 is 2.68 bits per heavy atom. The Balaban J connectivity index is 2.51. The molecule has 0 spiro atoms. The molecule has 0 radical (unpaired) electrons. The number of nitrogens with one attached hydrogen (secondary N) is 1. The van der Waals surface area contributed by atoms with E-state index in [1.165, 1.54) is 0 Å². The molecule has 1 atom stereocenters. The Morgan fingerprint density at radius 1 is 1.47 bits per heavy atom. The highest BCUT2D eigenvalue weighted by Crippen LogP contribution is 2.15. The van der Waals surface area contributed by atoms with E-state index >= 15 is 0 Å². The number of carboxylic acids is 1. The number of hydrogen-bond acceptors (Lipinski definition) is 3. The molecule has 4 nitrogen and oxygen atoms in total. The summed E-state index contributed by atoms with van der Waals surface area (Å²) in [5, 5.41) is 12.3. The Labute approximate surface area is 115 Å². The largest absolute Gasteiger partial charge is 0.478 e. The van der Waals surface area contributed by atoms with Gasteiger partial charge in [0.1, 0.15) is 0 Å². The minimum atomic E-state index is -0.874. The molecule has 0 heterocycles. The van der Waals surface area contributed by atoms with E-state index < -0.39 is 5.97 Å². The molecule has 1 unspecified atom stereocenters. The number of benzene rings is 1. The third kappa shape index (κ3) is 4.56. The normalized spacial score (nSPS) is 12.5. The lowest BCUT2D eigenvalue weighted by Crippen LogP contribution is -2.32. The van der Waals surface area contributed by atoms with E-state index in [0.717, 1.165) is 30.8 Å². The quantitative estimate of drug-likeness (QED) is 0.795. The van der Waals surface area contributed by atoms with Gasteiger partial charge in [-0.05, 0) is 51.1 Å². The Morgan fingerprint density at radius 2 is 2.16 bits per heavy atom. The standard InChI is InChI=1S/C15H24N2O2/c1-5-12(3)17(4)9-8-16-13-6-7-14(15(18)19)11(2)10-13/h6-7,10,12,16H,5,8-9H2,1-4H3,(H,18,19). The molecule has 1 rings (SSSR count). The summed E-state index contributed by atoms with van der Waals surface area (Å²) >= 11 is 0. The van der Waals surface area contributed by atoms with E-state index in [2.05, 4.69) is 31.1 Å². The minimum Gasteiger partial charge on any atom is -0.478 e. The van der Waals surface area contributed by atoms with E-state index in [0.29, 0.717) is 11.6 Å². The van der Waals surface area contributed by atoms with Crippen LogP contribution in [-0.2, 0) is 0 Å². The number of aromatic carboxylic acids is 1. The van der Waals surface area contributed by atoms with Gasteiger partial charge in [-0.3, -0.25) is 0 Å². The van der Waals surface area contributed by atoms with Gasteiger partial charge < -0.3 is 15.3 Å². The summed E-state index contributed by atoms with van der Waals surface area (Å²) in [6.45, 7) is 8.04. The lowest BCUT2D eigenvalue weighted by molar-refractivity contribution is 0.0696. The summed E-state index contributed by atoms with van der Waals surface area (Å²) in [5.41, 5.74) is 2.12. The fourth-order valence-electron chi connectivity index (χ4n) is 1.92. The number of hydrogen-bond donors (Lipinski definition) is 2. The van der Waals surface area contributed by atoms with Crippen LogP contribution in [0.5, 0.6) is 0 Å². The molecule has 0 amide bonds. The van der Waals surface area contributed by atoms with Gasteiger partial charge >= 0.3 is 5.97 Å². The summed E-state index contributed by atoms with van der Waals surface area (Å²) in [6, 6.07) is 5.93. The predicted molar refractivity (Wildman–Crippen MR) is 79.0 cm³/mol. The number of likely N-dealkylation sites (N-methyl/N-ethyl adjacent to an activating group) is 1. The summed E-state index contributed by atoms with van der Waals surface area (Å²) in [5.74, 6) is -0.874. The lowest BCUT2D eigenvalue weighted by atomic mass is 10.1. The van der Waals surface area contributed by atoms with E-state index in [9.17, 15) is 4.79 Å². The van der Waals surface area contributed by atoms with E-state index in [1.807, 2.05) is 19.1 Å². The highest BCUT2D eigenvalue weighted by Gasteiger charge is 2.08. The fraction of sp³-hybridized carbons (Fsp3) is 0.533. The van der Waals surface area contributed by atoms with Crippen molar-refractivity contribution in [1.82, 2.24) is 4.90 Å². The van der Waals surface area contributed by atoms with Gasteiger partial charge in [-0.1, -0.05) is 6.92 Å². The first-order valence-corrected chi connectivity index (χ1v) is 6.73. The number of rotatable bonds is 7. The zero-order valence-electron chi connectivity index (χ0n) is 12.2. The van der Waals surface area contributed by atoms with Gasteiger partial charge in [0.25, 0.3) is 0 Å². The van der Waals surface area contributed by atoms with Crippen molar-refractivity contribution in [3.63, 3.8) is 0 Å². The smallest absolute Gasteiger partial charge is 0.335 e. The van der Waals surface area contributed by atoms with Crippen molar-refractivity contribution < 1.29 is 9.90 Å². The van der Waals surface area contributed by atoms with Crippen LogP contribution in [0.1, 0.15) is 36.2 Å². The van der Waals surface area contributed by atoms with Crippen molar-refractivity contribution in [2.24, 2.45) is 0 Å².